The summed E-state index contributed by atoms with van der Waals surface area (Å²) in [7, 11) is 0. The average Bonchev–Trinajstić information content (AvgIpc) is 2.57. The van der Waals surface area contributed by atoms with Crippen LogP contribution in [0.5, 0.6) is 5.75 Å². The molecule has 0 amide bonds. The molecule has 1 aliphatic carbocycles. The second-order valence-corrected chi connectivity index (χ2v) is 5.71. The molecule has 1 aromatic rings. The smallest absolute Gasteiger partial charge is 0.315 e. The van der Waals surface area contributed by atoms with Gasteiger partial charge in [-0.1, -0.05) is 12.8 Å². The minimum Gasteiger partial charge on any atom is -0.480 e. The van der Waals surface area contributed by atoms with E-state index in [9.17, 15) is 19.6 Å². The van der Waals surface area contributed by atoms with E-state index in [0.29, 0.717) is 12.8 Å². The normalized spacial score (nSPS) is 23.1. The van der Waals surface area contributed by atoms with Crippen molar-refractivity contribution in [1.29, 1.82) is 0 Å². The van der Waals surface area contributed by atoms with Gasteiger partial charge in [-0.15, -0.1) is 0 Å². The van der Waals surface area contributed by atoms with E-state index >= 15 is 0 Å². The zero-order valence-corrected chi connectivity index (χ0v) is 12.3. The Hall–Kier alpha value is -1.21. The van der Waals surface area contributed by atoms with Gasteiger partial charge in [-0.05, 0) is 41.3 Å². The lowest BCUT2D eigenvalue weighted by Crippen LogP contribution is -2.30. The number of aliphatic hydroxyl groups excluding tert-OH is 1. The highest BCUT2D eigenvalue weighted by Crippen LogP contribution is 2.38. The molecule has 0 radical (unpaired) electrons. The summed E-state index contributed by atoms with van der Waals surface area (Å²) in [6, 6.07) is 1.94. The highest BCUT2D eigenvalue weighted by Gasteiger charge is 2.28. The number of aliphatic hydroxyl groups is 1. The monoisotopic (exact) mass is 347 g/mol. The predicted molar refractivity (Wildman–Crippen MR) is 74.3 cm³/mol. The van der Waals surface area contributed by atoms with Crippen LogP contribution in [0, 0.1) is 15.9 Å². The van der Waals surface area contributed by atoms with E-state index in [0.717, 1.165) is 31.4 Å². The average molecular weight is 348 g/mol. The Morgan fingerprint density at radius 1 is 1.35 bits per heavy atom. The van der Waals surface area contributed by atoms with Gasteiger partial charge < -0.3 is 9.84 Å². The van der Waals surface area contributed by atoms with Gasteiger partial charge >= 0.3 is 5.69 Å². The standard InChI is InChI=1S/C13H15BrFNO4/c14-9-6-8(15)7-10(16(18)19)13(9)20-12-5-3-1-2-4-11(12)17/h6-7,11-12,17H,1-5H2. The van der Waals surface area contributed by atoms with Gasteiger partial charge in [-0.2, -0.15) is 0 Å². The summed E-state index contributed by atoms with van der Waals surface area (Å²) in [5.74, 6) is -0.736. The third-order valence-electron chi connectivity index (χ3n) is 3.37. The summed E-state index contributed by atoms with van der Waals surface area (Å²) in [6.07, 6.45) is 2.89. The third kappa shape index (κ3) is 3.46. The van der Waals surface area contributed by atoms with Crippen LogP contribution < -0.4 is 4.74 Å². The largest absolute Gasteiger partial charge is 0.480 e. The van der Waals surface area contributed by atoms with Gasteiger partial charge in [0.1, 0.15) is 11.9 Å². The van der Waals surface area contributed by atoms with E-state index in [1.807, 2.05) is 0 Å². The number of nitro groups is 1. The Morgan fingerprint density at radius 3 is 2.75 bits per heavy atom. The highest BCUT2D eigenvalue weighted by molar-refractivity contribution is 9.10. The van der Waals surface area contributed by atoms with Crippen LogP contribution in [-0.2, 0) is 0 Å². The van der Waals surface area contributed by atoms with E-state index in [1.165, 1.54) is 0 Å². The Kier molecular flexibility index (Phi) is 4.93. The number of nitro benzene ring substituents is 1. The van der Waals surface area contributed by atoms with E-state index in [-0.39, 0.29) is 10.2 Å². The molecule has 2 rings (SSSR count). The molecule has 1 N–H and O–H groups in total. The van der Waals surface area contributed by atoms with Gasteiger partial charge in [0.2, 0.25) is 5.75 Å². The maximum absolute atomic E-state index is 13.2. The summed E-state index contributed by atoms with van der Waals surface area (Å²) in [5, 5.41) is 21.0. The molecule has 0 aliphatic heterocycles. The van der Waals surface area contributed by atoms with Crippen molar-refractivity contribution in [2.45, 2.75) is 44.3 Å². The molecule has 0 heterocycles. The Balaban J connectivity index is 2.29. The van der Waals surface area contributed by atoms with Crippen molar-refractivity contribution < 1.29 is 19.2 Å². The molecule has 0 spiro atoms. The van der Waals surface area contributed by atoms with Crippen molar-refractivity contribution >= 4 is 21.6 Å². The second-order valence-electron chi connectivity index (χ2n) is 4.85. The van der Waals surface area contributed by atoms with Gasteiger partial charge in [0.05, 0.1) is 21.6 Å². The Bertz CT molecular complexity index is 511. The van der Waals surface area contributed by atoms with Gasteiger partial charge in [0.15, 0.2) is 0 Å². The quantitative estimate of drug-likeness (QED) is 0.515. The number of rotatable bonds is 3. The van der Waals surface area contributed by atoms with Crippen LogP contribution in [0.15, 0.2) is 16.6 Å². The second kappa shape index (κ2) is 6.49. The Labute approximate surface area is 124 Å². The maximum Gasteiger partial charge on any atom is 0.315 e. The Morgan fingerprint density at radius 2 is 2.05 bits per heavy atom. The van der Waals surface area contributed by atoms with E-state index in [2.05, 4.69) is 15.9 Å². The van der Waals surface area contributed by atoms with Crippen LogP contribution in [0.3, 0.4) is 0 Å². The predicted octanol–water partition coefficient (Wildman–Crippen LogP) is 3.57. The first-order valence-corrected chi connectivity index (χ1v) is 7.26. The number of benzene rings is 1. The summed E-state index contributed by atoms with van der Waals surface area (Å²) in [4.78, 5) is 10.3. The minimum atomic E-state index is -0.711. The summed E-state index contributed by atoms with van der Waals surface area (Å²) >= 11 is 3.08. The molecule has 2 atom stereocenters. The molecular formula is C13H15BrFNO4. The molecule has 0 aromatic heterocycles. The van der Waals surface area contributed by atoms with Crippen molar-refractivity contribution in [2.75, 3.05) is 0 Å². The van der Waals surface area contributed by atoms with Gasteiger partial charge in [0, 0.05) is 0 Å². The van der Waals surface area contributed by atoms with Crippen LogP contribution in [-0.4, -0.2) is 22.2 Å². The number of nitrogens with zero attached hydrogens (tertiary/aromatic N) is 1. The first-order valence-electron chi connectivity index (χ1n) is 6.47. The zero-order valence-electron chi connectivity index (χ0n) is 10.7. The van der Waals surface area contributed by atoms with Gasteiger partial charge in [-0.25, -0.2) is 4.39 Å². The van der Waals surface area contributed by atoms with Crippen molar-refractivity contribution in [3.8, 4) is 5.75 Å². The van der Waals surface area contributed by atoms with Crippen molar-refractivity contribution in [2.24, 2.45) is 0 Å². The lowest BCUT2D eigenvalue weighted by atomic mass is 10.1. The highest BCUT2D eigenvalue weighted by atomic mass is 79.9. The minimum absolute atomic E-state index is 0.0256. The van der Waals surface area contributed by atoms with Gasteiger partial charge in [0.25, 0.3) is 0 Å². The van der Waals surface area contributed by atoms with Crippen molar-refractivity contribution in [3.63, 3.8) is 0 Å². The molecule has 2 unspecified atom stereocenters. The lowest BCUT2D eigenvalue weighted by molar-refractivity contribution is -0.386. The molecule has 1 aliphatic rings. The molecule has 1 fully saturated rings. The van der Waals surface area contributed by atoms with Crippen LogP contribution in [0.25, 0.3) is 0 Å². The summed E-state index contributed by atoms with van der Waals surface area (Å²) < 4.78 is 19.1. The number of halogens is 2. The molecule has 5 nitrogen and oxygen atoms in total. The maximum atomic E-state index is 13.2. The zero-order chi connectivity index (χ0) is 14.7. The van der Waals surface area contributed by atoms with Gasteiger partial charge in [-0.3, -0.25) is 10.1 Å². The molecule has 1 aromatic carbocycles. The van der Waals surface area contributed by atoms with Crippen molar-refractivity contribution in [3.05, 3.63) is 32.5 Å². The number of ether oxygens (including phenoxy) is 1. The SMILES string of the molecule is O=[N+]([O-])c1cc(F)cc(Br)c1OC1CCCCCC1O. The molecule has 0 bridgehead atoms. The van der Waals surface area contributed by atoms with Crippen LogP contribution in [0.2, 0.25) is 0 Å². The first kappa shape index (κ1) is 15.2. The molecule has 1 saturated carbocycles. The van der Waals surface area contributed by atoms with Crippen LogP contribution in [0.1, 0.15) is 32.1 Å². The van der Waals surface area contributed by atoms with E-state index < -0.39 is 28.6 Å². The number of hydrogen-bond acceptors (Lipinski definition) is 4. The number of hydrogen-bond donors (Lipinski definition) is 1. The summed E-state index contributed by atoms with van der Waals surface area (Å²) in [5.41, 5.74) is -0.437. The lowest BCUT2D eigenvalue weighted by Gasteiger charge is -2.22. The molecule has 7 heteroatoms. The summed E-state index contributed by atoms with van der Waals surface area (Å²) in [6.45, 7) is 0. The van der Waals surface area contributed by atoms with Crippen LogP contribution >= 0.6 is 15.9 Å². The first-order chi connectivity index (χ1) is 9.49. The van der Waals surface area contributed by atoms with Crippen LogP contribution in [0.4, 0.5) is 10.1 Å². The topological polar surface area (TPSA) is 72.6 Å². The fraction of sp³-hybridized carbons (Fsp3) is 0.538. The van der Waals surface area contributed by atoms with E-state index in [4.69, 9.17) is 4.74 Å². The molecular weight excluding hydrogens is 333 g/mol. The fourth-order valence-electron chi connectivity index (χ4n) is 2.34. The molecule has 20 heavy (non-hydrogen) atoms. The molecule has 110 valence electrons. The van der Waals surface area contributed by atoms with Crippen molar-refractivity contribution in [1.82, 2.24) is 0 Å². The third-order valence-corrected chi connectivity index (χ3v) is 3.96. The fourth-order valence-corrected chi connectivity index (χ4v) is 2.86. The van der Waals surface area contributed by atoms with E-state index in [1.54, 1.807) is 0 Å². The molecule has 0 saturated heterocycles.